The topological polar surface area (TPSA) is 142 Å². The number of hydrogen-bond acceptors (Lipinski definition) is 7. The van der Waals surface area contributed by atoms with E-state index in [2.05, 4.69) is 4.98 Å². The number of aliphatic hydroxyl groups is 1. The van der Waals surface area contributed by atoms with Crippen molar-refractivity contribution in [1.82, 2.24) is 9.55 Å². The molecule has 11 heteroatoms. The third kappa shape index (κ3) is 3.77. The molecule has 23 heavy (non-hydrogen) atoms. The van der Waals surface area contributed by atoms with Crippen LogP contribution in [-0.2, 0) is 11.3 Å². The van der Waals surface area contributed by atoms with Crippen molar-refractivity contribution in [2.24, 2.45) is 11.7 Å². The molecule has 1 aromatic rings. The standard InChI is InChI=1S/C12H22IN3O5P2/c1-23(13,20,21)12(18,7-16-5-4-15-8-16)22(19)11-3-2-9(11)10(17)6-14/h4-5,8-9,11,18-21H,2-3,6-7,14H2,1H3/t9?,11?,12?,22-/m1/s1. The summed E-state index contributed by atoms with van der Waals surface area (Å²) < 4.78 is -3.13. The van der Waals surface area contributed by atoms with Crippen molar-refractivity contribution in [3.63, 3.8) is 0 Å². The van der Waals surface area contributed by atoms with Crippen molar-refractivity contribution < 1.29 is 24.6 Å². The summed E-state index contributed by atoms with van der Waals surface area (Å²) in [4.78, 5) is 47.6. The zero-order valence-corrected chi connectivity index (χ0v) is 16.6. The van der Waals surface area contributed by atoms with E-state index in [1.165, 1.54) is 39.1 Å². The zero-order valence-electron chi connectivity index (χ0n) is 12.7. The third-order valence-electron chi connectivity index (χ3n) is 4.30. The van der Waals surface area contributed by atoms with E-state index in [0.717, 1.165) is 6.66 Å². The molecular formula is C12H22IN3O5P2. The first kappa shape index (κ1) is 19.6. The van der Waals surface area contributed by atoms with Gasteiger partial charge in [-0.3, -0.25) is 0 Å². The number of carbonyl (C=O) groups is 1. The predicted octanol–water partition coefficient (Wildman–Crippen LogP) is 0.573. The number of nitrogens with zero attached hydrogens (tertiary/aromatic N) is 2. The van der Waals surface area contributed by atoms with Gasteiger partial charge in [-0.1, -0.05) is 0 Å². The minimum atomic E-state index is -4.62. The first-order chi connectivity index (χ1) is 10.5. The SMILES string of the molecule is CP(O)(O)(I)C(O)(Cn1ccnc1)[P@](O)C1CCC1C(=O)CN. The molecule has 1 aromatic heterocycles. The van der Waals surface area contributed by atoms with E-state index in [-0.39, 0.29) is 18.9 Å². The second kappa shape index (κ2) is 6.53. The van der Waals surface area contributed by atoms with Crippen molar-refractivity contribution in [2.45, 2.75) is 30.1 Å². The Morgan fingerprint density at radius 2 is 2.22 bits per heavy atom. The van der Waals surface area contributed by atoms with Gasteiger partial charge >= 0.3 is 149 Å². The van der Waals surface area contributed by atoms with Gasteiger partial charge in [0.25, 0.3) is 0 Å². The molecule has 0 spiro atoms. The van der Waals surface area contributed by atoms with Gasteiger partial charge in [0, 0.05) is 0 Å². The van der Waals surface area contributed by atoms with Gasteiger partial charge in [-0.15, -0.1) is 0 Å². The van der Waals surface area contributed by atoms with Crippen LogP contribution in [-0.4, -0.2) is 59.1 Å². The summed E-state index contributed by atoms with van der Waals surface area (Å²) in [5, 5.41) is 8.97. The predicted molar refractivity (Wildman–Crippen MR) is 98.2 cm³/mol. The number of aromatic nitrogens is 2. The molecule has 1 fully saturated rings. The van der Waals surface area contributed by atoms with Crippen molar-refractivity contribution in [2.75, 3.05) is 13.2 Å². The van der Waals surface area contributed by atoms with Gasteiger partial charge in [0.1, 0.15) is 0 Å². The third-order valence-corrected chi connectivity index (χ3v) is 13.8. The van der Waals surface area contributed by atoms with Gasteiger partial charge in [-0.05, 0) is 0 Å². The van der Waals surface area contributed by atoms with Crippen molar-refractivity contribution in [3.05, 3.63) is 18.7 Å². The van der Waals surface area contributed by atoms with E-state index in [4.69, 9.17) is 5.73 Å². The number of hydrogen-bond donors (Lipinski definition) is 5. The van der Waals surface area contributed by atoms with Gasteiger partial charge in [-0.2, -0.15) is 0 Å². The van der Waals surface area contributed by atoms with Crippen molar-refractivity contribution >= 4 is 40.7 Å². The maximum absolute atomic E-state index is 11.8. The molecular weight excluding hydrogens is 455 g/mol. The molecule has 0 aliphatic heterocycles. The summed E-state index contributed by atoms with van der Waals surface area (Å²) in [5.41, 5.74) is 4.90. The fraction of sp³-hybridized carbons (Fsp3) is 0.667. The Morgan fingerprint density at radius 3 is 2.61 bits per heavy atom. The van der Waals surface area contributed by atoms with E-state index in [0.29, 0.717) is 12.8 Å². The molecule has 1 heterocycles. The molecule has 8 nitrogen and oxygen atoms in total. The number of Topliss-reactive ketones (excluding diaryl/α,β-unsaturated/α-hetero) is 1. The molecule has 4 atom stereocenters. The number of halogens is 1. The average Bonchev–Trinajstić information content (AvgIpc) is 2.87. The number of carbonyl (C=O) groups excluding carboxylic acids is 1. The second-order valence-corrected chi connectivity index (χ2v) is 18.8. The molecule has 1 aliphatic rings. The first-order valence-electron chi connectivity index (χ1n) is 7.09. The number of nitrogens with two attached hydrogens (primary N) is 1. The van der Waals surface area contributed by atoms with Crippen LogP contribution in [0.5, 0.6) is 0 Å². The van der Waals surface area contributed by atoms with Crippen LogP contribution >= 0.6 is 34.9 Å². The molecule has 0 saturated heterocycles. The molecule has 0 amide bonds. The van der Waals surface area contributed by atoms with Gasteiger partial charge in [-0.25, -0.2) is 0 Å². The second-order valence-electron chi connectivity index (χ2n) is 6.09. The molecule has 6 N–H and O–H groups in total. The number of rotatable bonds is 7. The van der Waals surface area contributed by atoms with E-state index >= 15 is 0 Å². The number of imidazole rings is 1. The summed E-state index contributed by atoms with van der Waals surface area (Å²) in [7, 11) is -2.24. The molecule has 0 radical (unpaired) electrons. The van der Waals surface area contributed by atoms with Crippen LogP contribution in [0.1, 0.15) is 12.8 Å². The summed E-state index contributed by atoms with van der Waals surface area (Å²) in [6, 6.07) is 0. The van der Waals surface area contributed by atoms with Crippen LogP contribution in [0.3, 0.4) is 0 Å². The molecule has 1 aliphatic carbocycles. The van der Waals surface area contributed by atoms with E-state index in [1.54, 1.807) is 6.20 Å². The van der Waals surface area contributed by atoms with Crippen molar-refractivity contribution in [1.29, 1.82) is 0 Å². The Hall–Kier alpha value is 0.270. The molecule has 0 aromatic carbocycles. The molecule has 1 saturated carbocycles. The van der Waals surface area contributed by atoms with E-state index in [9.17, 15) is 24.6 Å². The fourth-order valence-corrected chi connectivity index (χ4v) is 9.79. The normalized spacial score (nSPS) is 27.3. The fourth-order valence-electron chi connectivity index (χ4n) is 2.66. The zero-order chi connectivity index (χ0) is 17.5. The monoisotopic (exact) mass is 477 g/mol. The Labute approximate surface area is 148 Å². The maximum atomic E-state index is 11.8. The van der Waals surface area contributed by atoms with Gasteiger partial charge in [0.2, 0.25) is 0 Å². The first-order valence-corrected chi connectivity index (χ1v) is 13.8. The van der Waals surface area contributed by atoms with Crippen LogP contribution in [0, 0.1) is 5.92 Å². The van der Waals surface area contributed by atoms with Crippen LogP contribution in [0.2, 0.25) is 0 Å². The molecule has 3 unspecified atom stereocenters. The summed E-state index contributed by atoms with van der Waals surface area (Å²) in [5.74, 6) is -0.603. The van der Waals surface area contributed by atoms with E-state index in [1.807, 2.05) is 0 Å². The molecule has 0 bridgehead atoms. The minimum absolute atomic E-state index is 0.123. The van der Waals surface area contributed by atoms with Crippen LogP contribution in [0.4, 0.5) is 0 Å². The number of ketones is 1. The van der Waals surface area contributed by atoms with Gasteiger partial charge < -0.3 is 0 Å². The Bertz CT molecular complexity index is 570. The Kier molecular flexibility index (Phi) is 5.57. The quantitative estimate of drug-likeness (QED) is 0.286. The van der Waals surface area contributed by atoms with Gasteiger partial charge in [0.05, 0.1) is 0 Å². The summed E-state index contributed by atoms with van der Waals surface area (Å²) in [6.07, 6.45) is 5.64. The molecule has 2 rings (SSSR count). The van der Waals surface area contributed by atoms with Gasteiger partial charge in [0.15, 0.2) is 0 Å². The average molecular weight is 477 g/mol. The summed E-state index contributed by atoms with van der Waals surface area (Å²) in [6.45, 7) is 0.828. The summed E-state index contributed by atoms with van der Waals surface area (Å²) >= 11 is 1.44. The van der Waals surface area contributed by atoms with Crippen LogP contribution in [0.25, 0.3) is 0 Å². The Morgan fingerprint density at radius 1 is 1.57 bits per heavy atom. The Balaban J connectivity index is 2.32. The van der Waals surface area contributed by atoms with Crippen LogP contribution in [0.15, 0.2) is 18.7 Å². The van der Waals surface area contributed by atoms with Crippen LogP contribution < -0.4 is 5.73 Å². The van der Waals surface area contributed by atoms with E-state index < -0.39 is 29.5 Å². The molecule has 132 valence electrons. The van der Waals surface area contributed by atoms with Crippen molar-refractivity contribution in [3.8, 4) is 0 Å².